The van der Waals surface area contributed by atoms with E-state index in [1.54, 1.807) is 19.2 Å². The maximum Gasteiger partial charge on any atom is 0.271 e. The molecule has 1 amide bonds. The Kier molecular flexibility index (Phi) is 3.69. The van der Waals surface area contributed by atoms with Crippen molar-refractivity contribution in [2.75, 3.05) is 12.4 Å². The Morgan fingerprint density at radius 2 is 2.24 bits per heavy atom. The Morgan fingerprint density at radius 3 is 2.82 bits per heavy atom. The van der Waals surface area contributed by atoms with E-state index in [0.717, 1.165) is 25.1 Å². The van der Waals surface area contributed by atoms with Crippen molar-refractivity contribution in [2.24, 2.45) is 0 Å². The summed E-state index contributed by atoms with van der Waals surface area (Å²) in [7, 11) is 1.57. The van der Waals surface area contributed by atoms with Crippen LogP contribution < -0.4 is 10.6 Å². The number of allylic oxidation sites excluding steroid dienone is 1. The largest absolute Gasteiger partial charge is 0.366 e. The van der Waals surface area contributed by atoms with Crippen LogP contribution in [0.4, 0.5) is 5.82 Å². The van der Waals surface area contributed by atoms with E-state index in [1.807, 2.05) is 0 Å². The highest BCUT2D eigenvalue weighted by atomic mass is 16.1. The van der Waals surface area contributed by atoms with Crippen LogP contribution in [0.2, 0.25) is 0 Å². The van der Waals surface area contributed by atoms with Gasteiger partial charge in [-0.3, -0.25) is 4.79 Å². The molecular weight excluding hydrogens is 216 g/mol. The van der Waals surface area contributed by atoms with E-state index in [-0.39, 0.29) is 5.91 Å². The van der Waals surface area contributed by atoms with Crippen LogP contribution in [0.25, 0.3) is 0 Å². The number of nitrogens with zero attached hydrogens (tertiary/aromatic N) is 2. The minimum absolute atomic E-state index is 0.218. The lowest BCUT2D eigenvalue weighted by Gasteiger charge is -2.19. The first-order valence-corrected chi connectivity index (χ1v) is 5.77. The maximum atomic E-state index is 11.3. The quantitative estimate of drug-likeness (QED) is 0.772. The molecule has 0 fully saturated rings. The van der Waals surface area contributed by atoms with Crippen molar-refractivity contribution in [3.05, 3.63) is 30.0 Å². The molecule has 5 heteroatoms. The summed E-state index contributed by atoms with van der Waals surface area (Å²) in [5.74, 6) is 0.502. The predicted molar refractivity (Wildman–Crippen MR) is 65.8 cm³/mol. The molecular formula is C12H16N4O. The number of carbonyl (C=O) groups is 1. The van der Waals surface area contributed by atoms with Crippen molar-refractivity contribution >= 4 is 11.7 Å². The first-order chi connectivity index (χ1) is 8.29. The average Bonchev–Trinajstić information content (AvgIpc) is 2.40. The van der Waals surface area contributed by atoms with E-state index < -0.39 is 0 Å². The number of amides is 1. The van der Waals surface area contributed by atoms with Gasteiger partial charge in [-0.1, -0.05) is 12.2 Å². The molecule has 1 aliphatic rings. The third-order valence-electron chi connectivity index (χ3n) is 2.75. The lowest BCUT2D eigenvalue weighted by atomic mass is 10.0. The zero-order chi connectivity index (χ0) is 12.1. The van der Waals surface area contributed by atoms with Gasteiger partial charge in [-0.25, -0.2) is 0 Å². The number of rotatable bonds is 3. The predicted octanol–water partition coefficient (Wildman–Crippen LogP) is 1.36. The van der Waals surface area contributed by atoms with Gasteiger partial charge in [0.1, 0.15) is 5.82 Å². The number of hydrogen-bond donors (Lipinski definition) is 2. The number of anilines is 1. The number of hydrogen-bond acceptors (Lipinski definition) is 4. The smallest absolute Gasteiger partial charge is 0.271 e. The third kappa shape index (κ3) is 3.03. The van der Waals surface area contributed by atoms with Gasteiger partial charge < -0.3 is 10.6 Å². The van der Waals surface area contributed by atoms with Crippen LogP contribution in [-0.4, -0.2) is 29.2 Å². The SMILES string of the molecule is CNC(=O)c1ccc(NC2CC=CCC2)nn1. The Hall–Kier alpha value is -1.91. The van der Waals surface area contributed by atoms with Crippen molar-refractivity contribution < 1.29 is 4.79 Å². The molecule has 1 unspecified atom stereocenters. The van der Waals surface area contributed by atoms with Crippen LogP contribution in [-0.2, 0) is 0 Å². The first kappa shape index (κ1) is 11.6. The summed E-state index contributed by atoms with van der Waals surface area (Å²) in [6.07, 6.45) is 7.59. The van der Waals surface area contributed by atoms with E-state index in [9.17, 15) is 4.79 Å². The molecule has 0 radical (unpaired) electrons. The molecule has 5 nitrogen and oxygen atoms in total. The summed E-state index contributed by atoms with van der Waals surface area (Å²) in [5, 5.41) is 13.7. The Morgan fingerprint density at radius 1 is 1.35 bits per heavy atom. The number of carbonyl (C=O) groups excluding carboxylic acids is 1. The van der Waals surface area contributed by atoms with Crippen LogP contribution in [0.15, 0.2) is 24.3 Å². The molecule has 0 saturated carbocycles. The molecule has 1 atom stereocenters. The summed E-state index contributed by atoms with van der Waals surface area (Å²) in [6, 6.07) is 3.88. The zero-order valence-corrected chi connectivity index (χ0v) is 9.81. The highest BCUT2D eigenvalue weighted by molar-refractivity contribution is 5.91. The van der Waals surface area contributed by atoms with Crippen LogP contribution in [0.5, 0.6) is 0 Å². The molecule has 0 aliphatic heterocycles. The lowest BCUT2D eigenvalue weighted by molar-refractivity contribution is 0.0957. The summed E-state index contributed by atoms with van der Waals surface area (Å²) in [5.41, 5.74) is 0.335. The number of aromatic nitrogens is 2. The van der Waals surface area contributed by atoms with Gasteiger partial charge in [-0.05, 0) is 31.4 Å². The first-order valence-electron chi connectivity index (χ1n) is 5.77. The van der Waals surface area contributed by atoms with Gasteiger partial charge in [0.2, 0.25) is 0 Å². The molecule has 1 heterocycles. The van der Waals surface area contributed by atoms with Crippen molar-refractivity contribution in [1.82, 2.24) is 15.5 Å². The van der Waals surface area contributed by atoms with Gasteiger partial charge in [0.15, 0.2) is 5.69 Å². The fraction of sp³-hybridized carbons (Fsp3) is 0.417. The van der Waals surface area contributed by atoms with Gasteiger partial charge in [0.25, 0.3) is 5.91 Å². The molecule has 0 bridgehead atoms. The highest BCUT2D eigenvalue weighted by Crippen LogP contribution is 2.15. The van der Waals surface area contributed by atoms with Crippen molar-refractivity contribution in [1.29, 1.82) is 0 Å². The summed E-state index contributed by atoms with van der Waals surface area (Å²) in [4.78, 5) is 11.3. The van der Waals surface area contributed by atoms with Crippen molar-refractivity contribution in [3.63, 3.8) is 0 Å². The molecule has 0 spiro atoms. The molecule has 0 aromatic carbocycles. The molecule has 0 saturated heterocycles. The summed E-state index contributed by atoms with van der Waals surface area (Å²) < 4.78 is 0. The van der Waals surface area contributed by atoms with Gasteiger partial charge in [-0.15, -0.1) is 10.2 Å². The van der Waals surface area contributed by atoms with Crippen LogP contribution in [0, 0.1) is 0 Å². The Balaban J connectivity index is 1.98. The molecule has 1 aliphatic carbocycles. The number of nitrogens with one attached hydrogen (secondary N) is 2. The Labute approximate surface area is 100 Å². The van der Waals surface area contributed by atoms with Crippen molar-refractivity contribution in [2.45, 2.75) is 25.3 Å². The van der Waals surface area contributed by atoms with Gasteiger partial charge in [-0.2, -0.15) is 0 Å². The van der Waals surface area contributed by atoms with Gasteiger partial charge in [0, 0.05) is 13.1 Å². The van der Waals surface area contributed by atoms with E-state index in [0.29, 0.717) is 11.7 Å². The summed E-state index contributed by atoms with van der Waals surface area (Å²) >= 11 is 0. The fourth-order valence-electron chi connectivity index (χ4n) is 1.79. The van der Waals surface area contributed by atoms with E-state index in [2.05, 4.69) is 33.0 Å². The summed E-state index contributed by atoms with van der Waals surface area (Å²) in [6.45, 7) is 0. The van der Waals surface area contributed by atoms with E-state index in [1.165, 1.54) is 0 Å². The normalized spacial score (nSPS) is 18.8. The fourth-order valence-corrected chi connectivity index (χ4v) is 1.79. The second kappa shape index (κ2) is 5.43. The second-order valence-electron chi connectivity index (χ2n) is 4.01. The molecule has 2 rings (SSSR count). The van der Waals surface area contributed by atoms with Crippen LogP contribution >= 0.6 is 0 Å². The van der Waals surface area contributed by atoms with Gasteiger partial charge in [0.05, 0.1) is 0 Å². The standard InChI is InChI=1S/C12H16N4O/c1-13-12(17)10-7-8-11(16-15-10)14-9-5-3-2-4-6-9/h2-3,7-9H,4-6H2,1H3,(H,13,17)(H,14,16). The Bertz CT molecular complexity index is 413. The molecule has 90 valence electrons. The zero-order valence-electron chi connectivity index (χ0n) is 9.81. The maximum absolute atomic E-state index is 11.3. The van der Waals surface area contributed by atoms with Gasteiger partial charge >= 0.3 is 0 Å². The van der Waals surface area contributed by atoms with Crippen LogP contribution in [0.3, 0.4) is 0 Å². The molecule has 1 aromatic rings. The average molecular weight is 232 g/mol. The monoisotopic (exact) mass is 232 g/mol. The lowest BCUT2D eigenvalue weighted by Crippen LogP contribution is -2.22. The molecule has 2 N–H and O–H groups in total. The highest BCUT2D eigenvalue weighted by Gasteiger charge is 2.11. The van der Waals surface area contributed by atoms with E-state index >= 15 is 0 Å². The minimum atomic E-state index is -0.218. The minimum Gasteiger partial charge on any atom is -0.366 e. The van der Waals surface area contributed by atoms with Crippen LogP contribution in [0.1, 0.15) is 29.8 Å². The van der Waals surface area contributed by atoms with E-state index in [4.69, 9.17) is 0 Å². The topological polar surface area (TPSA) is 66.9 Å². The second-order valence-corrected chi connectivity index (χ2v) is 4.01. The molecule has 1 aromatic heterocycles. The third-order valence-corrected chi connectivity index (χ3v) is 2.75. The molecule has 17 heavy (non-hydrogen) atoms. The van der Waals surface area contributed by atoms with Crippen molar-refractivity contribution in [3.8, 4) is 0 Å².